The Kier molecular flexibility index (Phi) is 6.25. The van der Waals surface area contributed by atoms with Crippen LogP contribution in [0.3, 0.4) is 0 Å². The van der Waals surface area contributed by atoms with Gasteiger partial charge in [-0.3, -0.25) is 14.9 Å². The lowest BCUT2D eigenvalue weighted by molar-refractivity contribution is -0.402. The summed E-state index contributed by atoms with van der Waals surface area (Å²) in [6.45, 7) is 0. The SMILES string of the molecule is O=C(/C=C\c1ccc([N+](=O)[O-])o1)Nc1ccc(SCCCl)cc1. The second-order valence-electron chi connectivity index (χ2n) is 4.32. The average molecular weight is 353 g/mol. The lowest BCUT2D eigenvalue weighted by atomic mass is 10.3. The fourth-order valence-corrected chi connectivity index (χ4v) is 2.54. The molecule has 0 aliphatic rings. The molecule has 0 bridgehead atoms. The molecule has 2 rings (SSSR count). The van der Waals surface area contributed by atoms with Crippen molar-refractivity contribution in [2.45, 2.75) is 4.90 Å². The average Bonchev–Trinajstić information content (AvgIpc) is 3.01. The Morgan fingerprint density at radius 3 is 2.65 bits per heavy atom. The summed E-state index contributed by atoms with van der Waals surface area (Å²) in [5, 5.41) is 13.2. The molecule has 0 atom stereocenters. The largest absolute Gasteiger partial charge is 0.433 e. The number of halogens is 1. The summed E-state index contributed by atoms with van der Waals surface area (Å²) in [6, 6.07) is 10.0. The number of carbonyl (C=O) groups excluding carboxylic acids is 1. The number of hydrogen-bond donors (Lipinski definition) is 1. The van der Waals surface area contributed by atoms with E-state index in [1.54, 1.807) is 23.9 Å². The van der Waals surface area contributed by atoms with Crippen molar-refractivity contribution < 1.29 is 14.1 Å². The van der Waals surface area contributed by atoms with Crippen molar-refractivity contribution in [3.05, 3.63) is 58.3 Å². The molecule has 0 fully saturated rings. The van der Waals surface area contributed by atoms with E-state index in [1.165, 1.54) is 24.3 Å². The molecule has 0 unspecified atom stereocenters. The van der Waals surface area contributed by atoms with E-state index in [2.05, 4.69) is 5.32 Å². The van der Waals surface area contributed by atoms with Gasteiger partial charge in [0.1, 0.15) is 10.7 Å². The highest BCUT2D eigenvalue weighted by Gasteiger charge is 2.10. The molecule has 1 aromatic heterocycles. The van der Waals surface area contributed by atoms with Crippen LogP contribution in [0.25, 0.3) is 6.08 Å². The summed E-state index contributed by atoms with van der Waals surface area (Å²) in [4.78, 5) is 22.7. The van der Waals surface area contributed by atoms with Gasteiger partial charge in [-0.25, -0.2) is 0 Å². The Bertz CT molecular complexity index is 713. The minimum atomic E-state index is -0.638. The minimum Gasteiger partial charge on any atom is -0.401 e. The molecule has 0 aliphatic heterocycles. The van der Waals surface area contributed by atoms with Crippen LogP contribution in [-0.4, -0.2) is 22.5 Å². The molecule has 6 nitrogen and oxygen atoms in total. The first kappa shape index (κ1) is 17.1. The van der Waals surface area contributed by atoms with Gasteiger partial charge in [-0.05, 0) is 36.4 Å². The first-order chi connectivity index (χ1) is 11.1. The van der Waals surface area contributed by atoms with Crippen LogP contribution in [0.5, 0.6) is 0 Å². The number of nitrogens with zero attached hydrogens (tertiary/aromatic N) is 1. The Hall–Kier alpha value is -2.25. The molecule has 0 saturated heterocycles. The van der Waals surface area contributed by atoms with Crippen molar-refractivity contribution in [3.63, 3.8) is 0 Å². The van der Waals surface area contributed by atoms with E-state index >= 15 is 0 Å². The van der Waals surface area contributed by atoms with Gasteiger partial charge in [-0.1, -0.05) is 0 Å². The number of nitro groups is 1. The number of nitrogens with one attached hydrogen (secondary N) is 1. The predicted octanol–water partition coefficient (Wildman–Crippen LogP) is 4.17. The topological polar surface area (TPSA) is 85.4 Å². The summed E-state index contributed by atoms with van der Waals surface area (Å²) in [6.07, 6.45) is 2.62. The van der Waals surface area contributed by atoms with Crippen LogP contribution in [0.1, 0.15) is 5.76 Å². The van der Waals surface area contributed by atoms with Crippen LogP contribution in [0.2, 0.25) is 0 Å². The van der Waals surface area contributed by atoms with Crippen molar-refractivity contribution in [1.82, 2.24) is 0 Å². The molecular formula is C15H13ClN2O4S. The molecular weight excluding hydrogens is 340 g/mol. The van der Waals surface area contributed by atoms with E-state index < -0.39 is 4.92 Å². The van der Waals surface area contributed by atoms with Gasteiger partial charge >= 0.3 is 5.88 Å². The maximum atomic E-state index is 11.8. The van der Waals surface area contributed by atoms with Gasteiger partial charge in [0, 0.05) is 28.3 Å². The lowest BCUT2D eigenvalue weighted by Crippen LogP contribution is -2.07. The number of anilines is 1. The quantitative estimate of drug-likeness (QED) is 0.266. The Morgan fingerprint density at radius 1 is 1.30 bits per heavy atom. The maximum absolute atomic E-state index is 11.8. The van der Waals surface area contributed by atoms with Crippen molar-refractivity contribution >= 4 is 46.9 Å². The number of carbonyl (C=O) groups is 1. The molecule has 0 radical (unpaired) electrons. The highest BCUT2D eigenvalue weighted by molar-refractivity contribution is 7.99. The zero-order valence-electron chi connectivity index (χ0n) is 11.9. The summed E-state index contributed by atoms with van der Waals surface area (Å²) in [5.74, 6) is 0.921. The molecule has 120 valence electrons. The molecule has 0 aliphatic carbocycles. The van der Waals surface area contributed by atoms with Gasteiger partial charge in [0.15, 0.2) is 0 Å². The number of thioether (sulfide) groups is 1. The monoisotopic (exact) mass is 352 g/mol. The van der Waals surface area contributed by atoms with Crippen LogP contribution >= 0.6 is 23.4 Å². The summed E-state index contributed by atoms with van der Waals surface area (Å²) in [7, 11) is 0. The third-order valence-electron chi connectivity index (χ3n) is 2.66. The van der Waals surface area contributed by atoms with E-state index in [9.17, 15) is 14.9 Å². The third kappa shape index (κ3) is 5.46. The fraction of sp³-hybridized carbons (Fsp3) is 0.133. The van der Waals surface area contributed by atoms with Gasteiger partial charge in [0.05, 0.1) is 6.07 Å². The zero-order chi connectivity index (χ0) is 16.7. The Labute approximate surface area is 141 Å². The van der Waals surface area contributed by atoms with Crippen molar-refractivity contribution in [2.75, 3.05) is 16.9 Å². The van der Waals surface area contributed by atoms with Crippen molar-refractivity contribution in [1.29, 1.82) is 0 Å². The summed E-state index contributed by atoms with van der Waals surface area (Å²) < 4.78 is 4.92. The third-order valence-corrected chi connectivity index (χ3v) is 4.09. The fourth-order valence-electron chi connectivity index (χ4n) is 1.66. The predicted molar refractivity (Wildman–Crippen MR) is 90.9 cm³/mol. The number of amides is 1. The van der Waals surface area contributed by atoms with Crippen LogP contribution in [0.15, 0.2) is 51.8 Å². The molecule has 1 aromatic carbocycles. The van der Waals surface area contributed by atoms with Crippen LogP contribution in [0, 0.1) is 10.1 Å². The first-order valence-electron chi connectivity index (χ1n) is 6.60. The number of furan rings is 1. The second kappa shape index (κ2) is 8.40. The highest BCUT2D eigenvalue weighted by atomic mass is 35.5. The summed E-state index contributed by atoms with van der Waals surface area (Å²) in [5.41, 5.74) is 0.653. The Morgan fingerprint density at radius 2 is 2.04 bits per heavy atom. The van der Waals surface area contributed by atoms with E-state index in [1.807, 2.05) is 12.1 Å². The molecule has 8 heteroatoms. The van der Waals surface area contributed by atoms with E-state index in [4.69, 9.17) is 16.0 Å². The van der Waals surface area contributed by atoms with E-state index in [-0.39, 0.29) is 17.6 Å². The van der Waals surface area contributed by atoms with E-state index in [0.29, 0.717) is 11.6 Å². The van der Waals surface area contributed by atoms with Gasteiger partial charge in [0.2, 0.25) is 5.91 Å². The number of hydrogen-bond acceptors (Lipinski definition) is 5. The van der Waals surface area contributed by atoms with Crippen LogP contribution in [-0.2, 0) is 4.79 Å². The van der Waals surface area contributed by atoms with Gasteiger partial charge in [0.25, 0.3) is 0 Å². The normalized spacial score (nSPS) is 10.8. The Balaban J connectivity index is 1.90. The van der Waals surface area contributed by atoms with Crippen molar-refractivity contribution in [2.24, 2.45) is 0 Å². The second-order valence-corrected chi connectivity index (χ2v) is 5.86. The molecule has 23 heavy (non-hydrogen) atoms. The number of benzene rings is 1. The molecule has 0 spiro atoms. The van der Waals surface area contributed by atoms with Crippen LogP contribution in [0.4, 0.5) is 11.6 Å². The zero-order valence-corrected chi connectivity index (χ0v) is 13.5. The van der Waals surface area contributed by atoms with Crippen LogP contribution < -0.4 is 5.32 Å². The van der Waals surface area contributed by atoms with Crippen molar-refractivity contribution in [3.8, 4) is 0 Å². The molecule has 1 heterocycles. The number of rotatable bonds is 7. The molecule has 0 saturated carbocycles. The first-order valence-corrected chi connectivity index (χ1v) is 8.12. The number of alkyl halides is 1. The molecule has 2 aromatic rings. The van der Waals surface area contributed by atoms with Gasteiger partial charge in [-0.2, -0.15) is 0 Å². The minimum absolute atomic E-state index is 0.236. The highest BCUT2D eigenvalue weighted by Crippen LogP contribution is 2.20. The molecule has 1 N–H and O–H groups in total. The standard InChI is InChI=1S/C15H13ClN2O4S/c16-9-10-23-13-5-1-11(2-6-13)17-14(19)7-3-12-4-8-15(22-12)18(20)21/h1-8H,9-10H2,(H,17,19)/b7-3-. The lowest BCUT2D eigenvalue weighted by Gasteiger charge is -2.03. The molecule has 1 amide bonds. The van der Waals surface area contributed by atoms with Gasteiger partial charge < -0.3 is 9.73 Å². The van der Waals surface area contributed by atoms with E-state index in [0.717, 1.165) is 10.6 Å². The smallest absolute Gasteiger partial charge is 0.401 e. The van der Waals surface area contributed by atoms with Gasteiger partial charge in [-0.15, -0.1) is 23.4 Å². The summed E-state index contributed by atoms with van der Waals surface area (Å²) >= 11 is 7.26. The maximum Gasteiger partial charge on any atom is 0.433 e.